The maximum absolute atomic E-state index is 9.69. The van der Waals surface area contributed by atoms with E-state index in [1.807, 2.05) is 6.07 Å². The molecule has 3 nitrogen and oxygen atoms in total. The zero-order valence-electron chi connectivity index (χ0n) is 9.65. The lowest BCUT2D eigenvalue weighted by Gasteiger charge is -2.26. The molecule has 1 aromatic carbocycles. The van der Waals surface area contributed by atoms with Gasteiger partial charge in [0.1, 0.15) is 5.75 Å². The Hall–Kier alpha value is -1.22. The molecule has 0 amide bonds. The lowest BCUT2D eigenvalue weighted by molar-refractivity contribution is 0.231. The van der Waals surface area contributed by atoms with Gasteiger partial charge in [0.2, 0.25) is 0 Å². The molecule has 88 valence electrons. The maximum atomic E-state index is 9.69. The number of hydrogen-bond donors (Lipinski definition) is 2. The number of nitrogens with zero attached hydrogens (tertiary/aromatic N) is 1. The Kier molecular flexibility index (Phi) is 3.67. The van der Waals surface area contributed by atoms with Gasteiger partial charge in [-0.15, -0.1) is 0 Å². The summed E-state index contributed by atoms with van der Waals surface area (Å²) in [5.74, 6) is 0.367. The average molecular weight is 220 g/mol. The van der Waals surface area contributed by atoms with Crippen molar-refractivity contribution >= 4 is 5.69 Å². The van der Waals surface area contributed by atoms with Crippen molar-refractivity contribution in [2.75, 3.05) is 25.4 Å². The van der Waals surface area contributed by atoms with Crippen molar-refractivity contribution in [2.45, 2.75) is 25.7 Å². The minimum atomic E-state index is 0.367. The quantitative estimate of drug-likeness (QED) is 0.605. The normalized spacial score (nSPS) is 17.5. The first-order chi connectivity index (χ1) is 7.75. The van der Waals surface area contributed by atoms with Crippen molar-refractivity contribution < 1.29 is 5.11 Å². The zero-order valence-corrected chi connectivity index (χ0v) is 9.65. The first kappa shape index (κ1) is 11.3. The molecule has 0 spiro atoms. The topological polar surface area (TPSA) is 49.5 Å². The molecule has 0 aromatic heterocycles. The summed E-state index contributed by atoms with van der Waals surface area (Å²) in [7, 11) is 0. The number of benzene rings is 1. The number of piperidine rings is 1. The molecule has 0 unspecified atom stereocenters. The van der Waals surface area contributed by atoms with Crippen molar-refractivity contribution in [3.8, 4) is 5.75 Å². The second-order valence-corrected chi connectivity index (χ2v) is 4.54. The summed E-state index contributed by atoms with van der Waals surface area (Å²) in [6, 6.07) is 5.29. The molecular formula is C13H20N2O. The molecule has 2 rings (SSSR count). The predicted molar refractivity (Wildman–Crippen MR) is 66.5 cm³/mol. The molecule has 16 heavy (non-hydrogen) atoms. The highest BCUT2D eigenvalue weighted by Gasteiger charge is 2.10. The number of nitrogens with two attached hydrogens (primary N) is 1. The van der Waals surface area contributed by atoms with Crippen molar-refractivity contribution in [1.29, 1.82) is 0 Å². The summed E-state index contributed by atoms with van der Waals surface area (Å²) < 4.78 is 0. The molecule has 0 atom stereocenters. The van der Waals surface area contributed by atoms with Crippen LogP contribution in [0.3, 0.4) is 0 Å². The molecule has 3 heteroatoms. The Balaban J connectivity index is 1.90. The van der Waals surface area contributed by atoms with Crippen molar-refractivity contribution in [2.24, 2.45) is 0 Å². The van der Waals surface area contributed by atoms with Gasteiger partial charge in [0.05, 0.1) is 0 Å². The molecular weight excluding hydrogens is 200 g/mol. The largest absolute Gasteiger partial charge is 0.508 e. The van der Waals surface area contributed by atoms with E-state index in [9.17, 15) is 5.11 Å². The summed E-state index contributed by atoms with van der Waals surface area (Å²) in [6.07, 6.45) is 4.86. The van der Waals surface area contributed by atoms with E-state index in [4.69, 9.17) is 5.73 Å². The molecule has 1 saturated heterocycles. The number of aromatic hydroxyl groups is 1. The Bertz CT molecular complexity index is 346. The van der Waals surface area contributed by atoms with E-state index in [0.29, 0.717) is 5.75 Å². The van der Waals surface area contributed by atoms with Gasteiger partial charge in [-0.2, -0.15) is 0 Å². The summed E-state index contributed by atoms with van der Waals surface area (Å²) in [4.78, 5) is 2.46. The molecule has 1 fully saturated rings. The fourth-order valence-corrected chi connectivity index (χ4v) is 2.27. The molecule has 0 saturated carbocycles. The molecule has 1 heterocycles. The lowest BCUT2D eigenvalue weighted by atomic mass is 10.1. The third kappa shape index (κ3) is 2.89. The van der Waals surface area contributed by atoms with Crippen LogP contribution in [0, 0.1) is 0 Å². The zero-order chi connectivity index (χ0) is 11.4. The molecule has 1 aromatic rings. The molecule has 1 aliphatic heterocycles. The fraction of sp³-hybridized carbons (Fsp3) is 0.538. The standard InChI is InChI=1S/C13H20N2O/c14-12-4-5-13(16)11(10-12)6-9-15-7-2-1-3-8-15/h4-5,10,16H,1-3,6-9,14H2. The molecule has 0 bridgehead atoms. The van der Waals surface area contributed by atoms with Crippen LogP contribution >= 0.6 is 0 Å². The lowest BCUT2D eigenvalue weighted by Crippen LogP contribution is -2.31. The number of phenols is 1. The van der Waals surface area contributed by atoms with E-state index in [1.54, 1.807) is 12.1 Å². The van der Waals surface area contributed by atoms with Crippen LogP contribution in [-0.2, 0) is 6.42 Å². The molecule has 3 N–H and O–H groups in total. The van der Waals surface area contributed by atoms with E-state index < -0.39 is 0 Å². The van der Waals surface area contributed by atoms with Gasteiger partial charge >= 0.3 is 0 Å². The SMILES string of the molecule is Nc1ccc(O)c(CCN2CCCCC2)c1. The van der Waals surface area contributed by atoms with E-state index in [1.165, 1.54) is 32.4 Å². The van der Waals surface area contributed by atoms with E-state index >= 15 is 0 Å². The van der Waals surface area contributed by atoms with Gasteiger partial charge in [-0.1, -0.05) is 6.42 Å². The highest BCUT2D eigenvalue weighted by molar-refractivity contribution is 5.47. The smallest absolute Gasteiger partial charge is 0.118 e. The van der Waals surface area contributed by atoms with Gasteiger partial charge in [0.15, 0.2) is 0 Å². The highest BCUT2D eigenvalue weighted by atomic mass is 16.3. The minimum absolute atomic E-state index is 0.367. The second kappa shape index (κ2) is 5.21. The Labute approximate surface area is 96.9 Å². The van der Waals surface area contributed by atoms with Gasteiger partial charge in [0, 0.05) is 12.2 Å². The average Bonchev–Trinajstić information content (AvgIpc) is 2.32. The number of likely N-dealkylation sites (tertiary alicyclic amines) is 1. The summed E-state index contributed by atoms with van der Waals surface area (Å²) in [5.41, 5.74) is 7.40. The summed E-state index contributed by atoms with van der Waals surface area (Å²) >= 11 is 0. The van der Waals surface area contributed by atoms with Gasteiger partial charge < -0.3 is 15.7 Å². The Morgan fingerprint density at radius 2 is 1.94 bits per heavy atom. The molecule has 0 radical (unpaired) electrons. The van der Waals surface area contributed by atoms with Crippen LogP contribution in [0.2, 0.25) is 0 Å². The number of rotatable bonds is 3. The predicted octanol–water partition coefficient (Wildman–Crippen LogP) is 2.00. The minimum Gasteiger partial charge on any atom is -0.508 e. The second-order valence-electron chi connectivity index (χ2n) is 4.54. The van der Waals surface area contributed by atoms with Gasteiger partial charge in [-0.3, -0.25) is 0 Å². The highest BCUT2D eigenvalue weighted by Crippen LogP contribution is 2.21. The van der Waals surface area contributed by atoms with Crippen LogP contribution in [0.5, 0.6) is 5.75 Å². The third-order valence-corrected chi connectivity index (χ3v) is 3.25. The van der Waals surface area contributed by atoms with Crippen molar-refractivity contribution in [3.05, 3.63) is 23.8 Å². The number of phenolic OH excluding ortho intramolecular Hbond substituents is 1. The Morgan fingerprint density at radius 3 is 2.69 bits per heavy atom. The number of anilines is 1. The van der Waals surface area contributed by atoms with Crippen LogP contribution < -0.4 is 5.73 Å². The van der Waals surface area contributed by atoms with Gasteiger partial charge in [-0.25, -0.2) is 0 Å². The Morgan fingerprint density at radius 1 is 1.19 bits per heavy atom. The fourth-order valence-electron chi connectivity index (χ4n) is 2.27. The first-order valence-electron chi connectivity index (χ1n) is 6.05. The van der Waals surface area contributed by atoms with E-state index in [2.05, 4.69) is 4.90 Å². The molecule has 1 aliphatic rings. The van der Waals surface area contributed by atoms with Crippen LogP contribution in [0.15, 0.2) is 18.2 Å². The summed E-state index contributed by atoms with van der Waals surface area (Å²) in [6.45, 7) is 3.42. The maximum Gasteiger partial charge on any atom is 0.118 e. The first-order valence-corrected chi connectivity index (χ1v) is 6.05. The van der Waals surface area contributed by atoms with E-state index in [0.717, 1.165) is 24.2 Å². The molecule has 0 aliphatic carbocycles. The van der Waals surface area contributed by atoms with Crippen LogP contribution in [-0.4, -0.2) is 29.6 Å². The monoisotopic (exact) mass is 220 g/mol. The summed E-state index contributed by atoms with van der Waals surface area (Å²) in [5, 5.41) is 9.69. The van der Waals surface area contributed by atoms with Gasteiger partial charge in [-0.05, 0) is 56.1 Å². The number of nitrogen functional groups attached to an aromatic ring is 1. The van der Waals surface area contributed by atoms with Crippen LogP contribution in [0.25, 0.3) is 0 Å². The van der Waals surface area contributed by atoms with Crippen LogP contribution in [0.1, 0.15) is 24.8 Å². The van der Waals surface area contributed by atoms with Crippen LogP contribution in [0.4, 0.5) is 5.69 Å². The van der Waals surface area contributed by atoms with Gasteiger partial charge in [0.25, 0.3) is 0 Å². The number of hydrogen-bond acceptors (Lipinski definition) is 3. The third-order valence-electron chi connectivity index (χ3n) is 3.25. The van der Waals surface area contributed by atoms with Crippen molar-refractivity contribution in [3.63, 3.8) is 0 Å². The van der Waals surface area contributed by atoms with E-state index in [-0.39, 0.29) is 0 Å². The van der Waals surface area contributed by atoms with Crippen molar-refractivity contribution in [1.82, 2.24) is 4.90 Å².